The molecule has 2 N–H and O–H groups in total. The van der Waals surface area contributed by atoms with E-state index >= 15 is 0 Å². The first-order chi connectivity index (χ1) is 8.52. The Bertz CT molecular complexity index is 381. The Morgan fingerprint density at radius 3 is 2.72 bits per heavy atom. The molecule has 0 radical (unpaired) electrons. The van der Waals surface area contributed by atoms with E-state index in [9.17, 15) is 4.79 Å². The minimum atomic E-state index is -0.147. The van der Waals surface area contributed by atoms with Crippen LogP contribution in [0.15, 0.2) is 4.34 Å². The van der Waals surface area contributed by atoms with Crippen molar-refractivity contribution >= 4 is 34.1 Å². The van der Waals surface area contributed by atoms with Crippen LogP contribution in [0.4, 0.5) is 5.13 Å². The molecule has 0 bridgehead atoms. The van der Waals surface area contributed by atoms with Gasteiger partial charge in [0, 0.05) is 13.1 Å². The molecule has 1 heterocycles. The van der Waals surface area contributed by atoms with Crippen LogP contribution in [-0.2, 0) is 4.79 Å². The number of nitrogens with one attached hydrogen (secondary N) is 2. The van der Waals surface area contributed by atoms with Gasteiger partial charge in [-0.15, -0.1) is 10.2 Å². The first-order valence-corrected chi connectivity index (χ1v) is 7.74. The lowest BCUT2D eigenvalue weighted by atomic mass is 10.2. The van der Waals surface area contributed by atoms with Crippen molar-refractivity contribution < 1.29 is 4.79 Å². The zero-order valence-corrected chi connectivity index (χ0v) is 12.8. The van der Waals surface area contributed by atoms with Crippen LogP contribution >= 0.6 is 23.1 Å². The van der Waals surface area contributed by atoms with Crippen molar-refractivity contribution in [2.75, 3.05) is 18.4 Å². The Labute approximate surface area is 116 Å². The molecule has 7 heteroatoms. The summed E-state index contributed by atoms with van der Waals surface area (Å²) in [5.74, 6) is 0.516. The molecule has 102 valence electrons. The van der Waals surface area contributed by atoms with E-state index in [0.29, 0.717) is 12.5 Å². The molecule has 0 saturated heterocycles. The number of aromatic nitrogens is 2. The average molecular weight is 288 g/mol. The van der Waals surface area contributed by atoms with Gasteiger partial charge in [0.25, 0.3) is 0 Å². The van der Waals surface area contributed by atoms with Gasteiger partial charge in [-0.1, -0.05) is 36.9 Å². The number of amides is 1. The van der Waals surface area contributed by atoms with Crippen LogP contribution < -0.4 is 10.6 Å². The molecule has 0 aliphatic rings. The summed E-state index contributed by atoms with van der Waals surface area (Å²) in [7, 11) is 0. The van der Waals surface area contributed by atoms with Gasteiger partial charge in [0.15, 0.2) is 4.34 Å². The minimum Gasteiger partial charge on any atom is -0.360 e. The molecule has 1 aromatic rings. The number of rotatable bonds is 7. The molecule has 0 fully saturated rings. The van der Waals surface area contributed by atoms with Crippen LogP contribution in [0.25, 0.3) is 0 Å². The molecule has 0 spiro atoms. The summed E-state index contributed by atoms with van der Waals surface area (Å²) < 4.78 is 0.818. The lowest BCUT2D eigenvalue weighted by molar-refractivity contribution is -0.120. The molecule has 1 aromatic heterocycles. The second-order valence-corrected chi connectivity index (χ2v) is 6.87. The summed E-state index contributed by atoms with van der Waals surface area (Å²) in [5.41, 5.74) is 0. The summed E-state index contributed by atoms with van der Waals surface area (Å²) in [6, 6.07) is 0. The highest BCUT2D eigenvalue weighted by Crippen LogP contribution is 2.28. The smallest absolute Gasteiger partial charge is 0.233 e. The fourth-order valence-electron chi connectivity index (χ4n) is 1.13. The fraction of sp³-hybridized carbons (Fsp3) is 0.727. The van der Waals surface area contributed by atoms with E-state index in [0.717, 1.165) is 16.0 Å². The largest absolute Gasteiger partial charge is 0.360 e. The third-order valence-corrected chi connectivity index (χ3v) is 4.13. The molecular formula is C11H20N4OS2. The molecule has 1 atom stereocenters. The first kappa shape index (κ1) is 15.2. The zero-order chi connectivity index (χ0) is 13.5. The molecule has 1 amide bonds. The van der Waals surface area contributed by atoms with Crippen molar-refractivity contribution in [3.05, 3.63) is 0 Å². The van der Waals surface area contributed by atoms with Crippen molar-refractivity contribution in [2.45, 2.75) is 37.3 Å². The first-order valence-electron chi connectivity index (χ1n) is 6.04. The lowest BCUT2D eigenvalue weighted by Gasteiger charge is -2.11. The van der Waals surface area contributed by atoms with Crippen molar-refractivity contribution in [2.24, 2.45) is 5.92 Å². The SMILES string of the molecule is CCNc1nnc(S[C@@H](C)C(=O)NCC(C)C)s1. The Hall–Kier alpha value is -0.820. The minimum absolute atomic E-state index is 0.0499. The summed E-state index contributed by atoms with van der Waals surface area (Å²) >= 11 is 2.92. The number of hydrogen-bond donors (Lipinski definition) is 2. The highest BCUT2D eigenvalue weighted by Gasteiger charge is 2.16. The molecule has 0 aromatic carbocycles. The highest BCUT2D eigenvalue weighted by molar-refractivity contribution is 8.02. The molecule has 0 aliphatic carbocycles. The summed E-state index contributed by atoms with van der Waals surface area (Å²) in [6.07, 6.45) is 0. The Balaban J connectivity index is 2.42. The number of anilines is 1. The van der Waals surface area contributed by atoms with Crippen LogP contribution in [0.3, 0.4) is 0 Å². The number of nitrogens with zero attached hydrogens (tertiary/aromatic N) is 2. The van der Waals surface area contributed by atoms with E-state index in [2.05, 4.69) is 34.7 Å². The predicted octanol–water partition coefficient (Wildman–Crippen LogP) is 2.22. The Morgan fingerprint density at radius 1 is 1.39 bits per heavy atom. The van der Waals surface area contributed by atoms with Crippen LogP contribution in [0, 0.1) is 5.92 Å². The van der Waals surface area contributed by atoms with Gasteiger partial charge < -0.3 is 10.6 Å². The normalized spacial score (nSPS) is 12.5. The van der Waals surface area contributed by atoms with Gasteiger partial charge in [0.05, 0.1) is 5.25 Å². The Morgan fingerprint density at radius 2 is 2.11 bits per heavy atom. The molecular weight excluding hydrogens is 268 g/mol. The van der Waals surface area contributed by atoms with E-state index in [1.807, 2.05) is 13.8 Å². The van der Waals surface area contributed by atoms with E-state index in [4.69, 9.17) is 0 Å². The van der Waals surface area contributed by atoms with Gasteiger partial charge in [-0.05, 0) is 19.8 Å². The van der Waals surface area contributed by atoms with E-state index in [1.165, 1.54) is 23.1 Å². The second kappa shape index (κ2) is 7.58. The van der Waals surface area contributed by atoms with Crippen molar-refractivity contribution in [3.8, 4) is 0 Å². The fourth-order valence-corrected chi connectivity index (χ4v) is 3.12. The van der Waals surface area contributed by atoms with Gasteiger partial charge in [-0.25, -0.2) is 0 Å². The number of thioether (sulfide) groups is 1. The number of carbonyl (C=O) groups is 1. The van der Waals surface area contributed by atoms with E-state index in [1.54, 1.807) is 0 Å². The molecule has 1 rings (SSSR count). The number of hydrogen-bond acceptors (Lipinski definition) is 6. The molecule has 0 unspecified atom stereocenters. The number of carbonyl (C=O) groups excluding carboxylic acids is 1. The van der Waals surface area contributed by atoms with Crippen LogP contribution in [0.2, 0.25) is 0 Å². The van der Waals surface area contributed by atoms with Gasteiger partial charge in [-0.2, -0.15) is 0 Å². The second-order valence-electron chi connectivity index (χ2n) is 4.30. The molecule has 5 nitrogen and oxygen atoms in total. The summed E-state index contributed by atoms with van der Waals surface area (Å²) in [6.45, 7) is 9.58. The van der Waals surface area contributed by atoms with Crippen LogP contribution in [0.1, 0.15) is 27.7 Å². The quantitative estimate of drug-likeness (QED) is 0.753. The third-order valence-electron chi connectivity index (χ3n) is 2.07. The maximum absolute atomic E-state index is 11.8. The predicted molar refractivity (Wildman–Crippen MR) is 77.2 cm³/mol. The van der Waals surface area contributed by atoms with Crippen LogP contribution in [-0.4, -0.2) is 34.4 Å². The van der Waals surface area contributed by atoms with Crippen molar-refractivity contribution in [1.82, 2.24) is 15.5 Å². The van der Waals surface area contributed by atoms with Crippen LogP contribution in [0.5, 0.6) is 0 Å². The van der Waals surface area contributed by atoms with Crippen molar-refractivity contribution in [1.29, 1.82) is 0 Å². The summed E-state index contributed by atoms with van der Waals surface area (Å²) in [5, 5.41) is 14.7. The highest BCUT2D eigenvalue weighted by atomic mass is 32.2. The van der Waals surface area contributed by atoms with Crippen molar-refractivity contribution in [3.63, 3.8) is 0 Å². The average Bonchev–Trinajstić information content (AvgIpc) is 2.73. The Kier molecular flexibility index (Phi) is 6.42. The summed E-state index contributed by atoms with van der Waals surface area (Å²) in [4.78, 5) is 11.8. The van der Waals surface area contributed by atoms with Gasteiger partial charge >= 0.3 is 0 Å². The van der Waals surface area contributed by atoms with Gasteiger partial charge in [-0.3, -0.25) is 4.79 Å². The van der Waals surface area contributed by atoms with Gasteiger partial charge in [0.1, 0.15) is 0 Å². The zero-order valence-electron chi connectivity index (χ0n) is 11.2. The van der Waals surface area contributed by atoms with E-state index < -0.39 is 0 Å². The molecule has 0 aliphatic heterocycles. The maximum atomic E-state index is 11.8. The van der Waals surface area contributed by atoms with E-state index in [-0.39, 0.29) is 11.2 Å². The molecule has 18 heavy (non-hydrogen) atoms. The monoisotopic (exact) mass is 288 g/mol. The maximum Gasteiger partial charge on any atom is 0.233 e. The van der Waals surface area contributed by atoms with Gasteiger partial charge in [0.2, 0.25) is 11.0 Å². The topological polar surface area (TPSA) is 66.9 Å². The third kappa shape index (κ3) is 5.22. The molecule has 0 saturated carbocycles. The lowest BCUT2D eigenvalue weighted by Crippen LogP contribution is -2.33. The standard InChI is InChI=1S/C11H20N4OS2/c1-5-12-10-14-15-11(18-10)17-8(4)9(16)13-6-7(2)3/h7-8H,5-6H2,1-4H3,(H,12,14)(H,13,16)/t8-/m0/s1.